The largest absolute Gasteiger partial charge is 0.431 e. The summed E-state index contributed by atoms with van der Waals surface area (Å²) in [4.78, 5) is 0. The molecule has 0 aliphatic heterocycles. The van der Waals surface area contributed by atoms with Crippen molar-refractivity contribution in [2.24, 2.45) is 5.92 Å². The SMILES string of the molecule is OC(F)(F)C(F)(C1CCCCC1)C(F)(F)F. The summed E-state index contributed by atoms with van der Waals surface area (Å²) in [5.41, 5.74) is -4.83. The average Bonchev–Trinajstić information content (AvgIpc) is 2.14. The van der Waals surface area contributed by atoms with Gasteiger partial charge >= 0.3 is 12.3 Å². The van der Waals surface area contributed by atoms with Gasteiger partial charge in [-0.25, -0.2) is 4.39 Å². The molecule has 0 amide bonds. The van der Waals surface area contributed by atoms with Crippen LogP contribution in [0, 0.1) is 5.92 Å². The Balaban J connectivity index is 3.04. The van der Waals surface area contributed by atoms with Gasteiger partial charge in [0.1, 0.15) is 0 Å². The van der Waals surface area contributed by atoms with Crippen molar-refractivity contribution in [3.63, 3.8) is 0 Å². The zero-order valence-corrected chi connectivity index (χ0v) is 8.33. The van der Waals surface area contributed by atoms with Crippen molar-refractivity contribution < 1.29 is 31.4 Å². The molecule has 0 bridgehead atoms. The molecule has 0 aromatic rings. The molecule has 1 atom stereocenters. The van der Waals surface area contributed by atoms with Crippen LogP contribution in [0.1, 0.15) is 32.1 Å². The van der Waals surface area contributed by atoms with Crippen molar-refractivity contribution in [2.45, 2.75) is 50.1 Å². The standard InChI is InChI=1S/C9H12F6O/c10-7(8(11,12)13,9(14,15)16)6-4-2-1-3-5-6/h6,16H,1-5H2. The van der Waals surface area contributed by atoms with Crippen LogP contribution in [0.3, 0.4) is 0 Å². The summed E-state index contributed by atoms with van der Waals surface area (Å²) in [5.74, 6) is -1.87. The first-order chi connectivity index (χ1) is 7.11. The summed E-state index contributed by atoms with van der Waals surface area (Å²) in [6, 6.07) is 0. The second kappa shape index (κ2) is 4.09. The van der Waals surface area contributed by atoms with Gasteiger partial charge in [-0.3, -0.25) is 0 Å². The van der Waals surface area contributed by atoms with Crippen LogP contribution in [0.25, 0.3) is 0 Å². The topological polar surface area (TPSA) is 20.2 Å². The van der Waals surface area contributed by atoms with E-state index in [-0.39, 0.29) is 25.7 Å². The second-order valence-corrected chi connectivity index (χ2v) is 4.09. The average molecular weight is 250 g/mol. The van der Waals surface area contributed by atoms with Crippen molar-refractivity contribution >= 4 is 0 Å². The van der Waals surface area contributed by atoms with Gasteiger partial charge in [-0.2, -0.15) is 22.0 Å². The molecule has 1 saturated carbocycles. The van der Waals surface area contributed by atoms with Crippen molar-refractivity contribution in [2.75, 3.05) is 0 Å². The Morgan fingerprint density at radius 2 is 1.25 bits per heavy atom. The maximum Gasteiger partial charge on any atom is 0.431 e. The van der Waals surface area contributed by atoms with E-state index < -0.39 is 23.9 Å². The van der Waals surface area contributed by atoms with Crippen LogP contribution in [0.4, 0.5) is 26.3 Å². The molecule has 16 heavy (non-hydrogen) atoms. The van der Waals surface area contributed by atoms with Crippen LogP contribution in [0.5, 0.6) is 0 Å². The van der Waals surface area contributed by atoms with Crippen molar-refractivity contribution in [3.05, 3.63) is 0 Å². The number of aliphatic hydroxyl groups is 1. The highest BCUT2D eigenvalue weighted by molar-refractivity contribution is 5.00. The van der Waals surface area contributed by atoms with Crippen LogP contribution in [-0.2, 0) is 0 Å². The Hall–Kier alpha value is -0.460. The first-order valence-electron chi connectivity index (χ1n) is 4.96. The van der Waals surface area contributed by atoms with Crippen LogP contribution >= 0.6 is 0 Å². The van der Waals surface area contributed by atoms with Gasteiger partial charge in [0.15, 0.2) is 0 Å². The minimum absolute atomic E-state index is 0.266. The highest BCUT2D eigenvalue weighted by Crippen LogP contribution is 2.52. The lowest BCUT2D eigenvalue weighted by atomic mass is 9.77. The van der Waals surface area contributed by atoms with E-state index in [1.54, 1.807) is 0 Å². The molecule has 0 aromatic heterocycles. The van der Waals surface area contributed by atoms with E-state index in [1.807, 2.05) is 0 Å². The summed E-state index contributed by atoms with van der Waals surface area (Å²) in [7, 11) is 0. The highest BCUT2D eigenvalue weighted by Gasteiger charge is 2.74. The third-order valence-corrected chi connectivity index (χ3v) is 3.02. The normalized spacial score (nSPS) is 24.2. The molecule has 1 fully saturated rings. The Labute approximate surface area is 88.4 Å². The summed E-state index contributed by atoms with van der Waals surface area (Å²) < 4.78 is 75.7. The maximum absolute atomic E-state index is 13.6. The minimum atomic E-state index is -5.77. The van der Waals surface area contributed by atoms with Crippen molar-refractivity contribution in [1.29, 1.82) is 0 Å². The third kappa shape index (κ3) is 2.14. The second-order valence-electron chi connectivity index (χ2n) is 4.09. The predicted octanol–water partition coefficient (Wildman–Crippen LogP) is 3.42. The van der Waals surface area contributed by atoms with Crippen LogP contribution in [0.2, 0.25) is 0 Å². The van der Waals surface area contributed by atoms with E-state index in [2.05, 4.69) is 0 Å². The summed E-state index contributed by atoms with van der Waals surface area (Å²) >= 11 is 0. The monoisotopic (exact) mass is 250 g/mol. The van der Waals surface area contributed by atoms with E-state index in [4.69, 9.17) is 5.11 Å². The molecule has 0 spiro atoms. The smallest absolute Gasteiger partial charge is 0.333 e. The Bertz CT molecular complexity index is 223. The molecule has 1 unspecified atom stereocenters. The predicted molar refractivity (Wildman–Crippen MR) is 43.6 cm³/mol. The quantitative estimate of drug-likeness (QED) is 0.744. The van der Waals surface area contributed by atoms with Gasteiger partial charge in [-0.15, -0.1) is 0 Å². The highest BCUT2D eigenvalue weighted by atomic mass is 19.4. The van der Waals surface area contributed by atoms with Gasteiger partial charge in [0.05, 0.1) is 0 Å². The molecule has 0 aromatic carbocycles. The van der Waals surface area contributed by atoms with Gasteiger partial charge in [0.2, 0.25) is 0 Å². The molecule has 0 radical (unpaired) electrons. The van der Waals surface area contributed by atoms with Gasteiger partial charge in [0.25, 0.3) is 5.67 Å². The summed E-state index contributed by atoms with van der Waals surface area (Å²) in [5, 5.41) is 8.20. The molecule has 1 aliphatic carbocycles. The van der Waals surface area contributed by atoms with Crippen molar-refractivity contribution in [3.8, 4) is 0 Å². The Morgan fingerprint density at radius 3 is 1.56 bits per heavy atom. The first kappa shape index (κ1) is 13.6. The summed E-state index contributed by atoms with van der Waals surface area (Å²) in [6.07, 6.45) is -10.6. The van der Waals surface area contributed by atoms with Crippen LogP contribution < -0.4 is 0 Å². The molecular weight excluding hydrogens is 238 g/mol. The molecule has 1 N–H and O–H groups in total. The van der Waals surface area contributed by atoms with Gasteiger partial charge in [0, 0.05) is 5.92 Å². The molecule has 1 aliphatic rings. The van der Waals surface area contributed by atoms with E-state index in [9.17, 15) is 26.3 Å². The van der Waals surface area contributed by atoms with Gasteiger partial charge < -0.3 is 5.11 Å². The third-order valence-electron chi connectivity index (χ3n) is 3.02. The Morgan fingerprint density at radius 1 is 0.812 bits per heavy atom. The zero-order chi connectivity index (χ0) is 12.6. The fourth-order valence-corrected chi connectivity index (χ4v) is 2.15. The number of alkyl halides is 6. The molecule has 0 saturated heterocycles. The van der Waals surface area contributed by atoms with E-state index in [1.165, 1.54) is 0 Å². The molecule has 96 valence electrons. The lowest BCUT2D eigenvalue weighted by Gasteiger charge is -2.39. The Kier molecular flexibility index (Phi) is 3.47. The lowest BCUT2D eigenvalue weighted by molar-refractivity contribution is -0.385. The molecule has 1 rings (SSSR count). The minimum Gasteiger partial charge on any atom is -0.333 e. The van der Waals surface area contributed by atoms with E-state index in [0.29, 0.717) is 6.42 Å². The number of hydrogen-bond donors (Lipinski definition) is 1. The first-order valence-corrected chi connectivity index (χ1v) is 4.96. The van der Waals surface area contributed by atoms with E-state index >= 15 is 0 Å². The van der Waals surface area contributed by atoms with Gasteiger partial charge in [-0.05, 0) is 12.8 Å². The maximum atomic E-state index is 13.6. The molecule has 1 nitrogen and oxygen atoms in total. The van der Waals surface area contributed by atoms with Crippen LogP contribution in [0.15, 0.2) is 0 Å². The zero-order valence-electron chi connectivity index (χ0n) is 8.33. The fourth-order valence-electron chi connectivity index (χ4n) is 2.15. The van der Waals surface area contributed by atoms with E-state index in [0.717, 1.165) is 0 Å². The van der Waals surface area contributed by atoms with Gasteiger partial charge in [-0.1, -0.05) is 19.3 Å². The lowest BCUT2D eigenvalue weighted by Crippen LogP contribution is -2.60. The fraction of sp³-hybridized carbons (Fsp3) is 1.00. The number of rotatable bonds is 2. The van der Waals surface area contributed by atoms with Crippen molar-refractivity contribution in [1.82, 2.24) is 0 Å². The molecular formula is C9H12F6O. The molecule has 0 heterocycles. The van der Waals surface area contributed by atoms with Crippen LogP contribution in [-0.4, -0.2) is 23.1 Å². The summed E-state index contributed by atoms with van der Waals surface area (Å²) in [6.45, 7) is 0. The number of hydrogen-bond acceptors (Lipinski definition) is 1. The number of halogens is 6. The molecule has 7 heteroatoms.